The Hall–Kier alpha value is -2.45. The Morgan fingerprint density at radius 2 is 1.61 bits per heavy atom. The number of alkyl halides is 3. The molecule has 6 nitrogen and oxygen atoms in total. The van der Waals surface area contributed by atoms with Gasteiger partial charge < -0.3 is 19.3 Å². The third-order valence-corrected chi connectivity index (χ3v) is 3.18. The first-order valence-corrected chi connectivity index (χ1v) is 6.27. The molecule has 1 aromatic carbocycles. The monoisotopic (exact) mass is 336 g/mol. The molecule has 1 N–H and O–H groups in total. The molecule has 0 radical (unpaired) electrons. The zero-order valence-corrected chi connectivity index (χ0v) is 12.5. The number of benzene rings is 1. The highest BCUT2D eigenvalue weighted by molar-refractivity contribution is 5.96. The summed E-state index contributed by atoms with van der Waals surface area (Å²) in [6, 6.07) is 3.37. The maximum Gasteiger partial charge on any atom is 0.397 e. The summed E-state index contributed by atoms with van der Waals surface area (Å²) in [4.78, 5) is 23.4. The minimum atomic E-state index is -5.03. The van der Waals surface area contributed by atoms with Crippen molar-refractivity contribution in [1.82, 2.24) is 0 Å². The lowest BCUT2D eigenvalue weighted by Gasteiger charge is -2.26. The first-order valence-electron chi connectivity index (χ1n) is 6.27. The van der Waals surface area contributed by atoms with E-state index in [1.54, 1.807) is 0 Å². The Morgan fingerprint density at radius 1 is 1.09 bits per heavy atom. The zero-order chi connectivity index (χ0) is 17.8. The van der Waals surface area contributed by atoms with Crippen LogP contribution in [-0.2, 0) is 19.1 Å². The van der Waals surface area contributed by atoms with Crippen molar-refractivity contribution >= 4 is 11.9 Å². The summed E-state index contributed by atoms with van der Waals surface area (Å²) in [5.41, 5.74) is -0.697. The van der Waals surface area contributed by atoms with E-state index in [1.165, 1.54) is 12.1 Å². The zero-order valence-electron chi connectivity index (χ0n) is 12.5. The SMILES string of the molecule is COC(=O)C(C(=O)OC)[C@H](c1cccc(OC)c1O)C(F)(F)F. The number of phenols is 1. The van der Waals surface area contributed by atoms with E-state index in [2.05, 4.69) is 9.47 Å². The van der Waals surface area contributed by atoms with Crippen molar-refractivity contribution in [2.75, 3.05) is 21.3 Å². The van der Waals surface area contributed by atoms with E-state index < -0.39 is 41.3 Å². The normalized spacial score (nSPS) is 12.7. The lowest BCUT2D eigenvalue weighted by atomic mass is 9.84. The summed E-state index contributed by atoms with van der Waals surface area (Å²) in [5.74, 6) is -8.89. The second-order valence-corrected chi connectivity index (χ2v) is 4.44. The Labute approximate surface area is 129 Å². The van der Waals surface area contributed by atoms with Gasteiger partial charge in [0.15, 0.2) is 17.4 Å². The van der Waals surface area contributed by atoms with Gasteiger partial charge >= 0.3 is 18.1 Å². The highest BCUT2D eigenvalue weighted by Crippen LogP contribution is 2.46. The van der Waals surface area contributed by atoms with Crippen LogP contribution in [0.5, 0.6) is 11.5 Å². The summed E-state index contributed by atoms with van der Waals surface area (Å²) in [6.45, 7) is 0. The van der Waals surface area contributed by atoms with Crippen molar-refractivity contribution in [3.63, 3.8) is 0 Å². The van der Waals surface area contributed by atoms with E-state index in [0.29, 0.717) is 0 Å². The predicted octanol–water partition coefficient (Wildman–Crippen LogP) is 2.01. The van der Waals surface area contributed by atoms with Gasteiger partial charge in [0.1, 0.15) is 5.92 Å². The van der Waals surface area contributed by atoms with Crippen molar-refractivity contribution < 1.29 is 42.1 Å². The first-order chi connectivity index (χ1) is 10.7. The largest absolute Gasteiger partial charge is 0.504 e. The molecule has 0 saturated carbocycles. The smallest absolute Gasteiger partial charge is 0.397 e. The number of carbonyl (C=O) groups is 2. The van der Waals surface area contributed by atoms with Crippen molar-refractivity contribution in [2.24, 2.45) is 5.92 Å². The van der Waals surface area contributed by atoms with Crippen molar-refractivity contribution in [1.29, 1.82) is 0 Å². The third kappa shape index (κ3) is 3.85. The van der Waals surface area contributed by atoms with Crippen LogP contribution >= 0.6 is 0 Å². The number of rotatable bonds is 5. The molecule has 0 bridgehead atoms. The van der Waals surface area contributed by atoms with Gasteiger partial charge in [0.2, 0.25) is 0 Å². The maximum absolute atomic E-state index is 13.5. The van der Waals surface area contributed by atoms with Gasteiger partial charge in [-0.25, -0.2) is 0 Å². The van der Waals surface area contributed by atoms with Crippen LogP contribution in [0.3, 0.4) is 0 Å². The van der Waals surface area contributed by atoms with Crippen molar-refractivity contribution in [2.45, 2.75) is 12.1 Å². The van der Waals surface area contributed by atoms with Gasteiger partial charge in [-0.3, -0.25) is 9.59 Å². The molecule has 0 spiro atoms. The summed E-state index contributed by atoms with van der Waals surface area (Å²) in [6.07, 6.45) is -5.03. The average Bonchev–Trinajstić information content (AvgIpc) is 2.50. The molecular weight excluding hydrogens is 321 g/mol. The van der Waals surface area contributed by atoms with E-state index in [1.807, 2.05) is 0 Å². The Balaban J connectivity index is 3.57. The van der Waals surface area contributed by atoms with Gasteiger partial charge in [0.25, 0.3) is 0 Å². The van der Waals surface area contributed by atoms with Crippen LogP contribution in [0.15, 0.2) is 18.2 Å². The van der Waals surface area contributed by atoms with Crippen LogP contribution in [-0.4, -0.2) is 44.6 Å². The molecule has 0 aliphatic carbocycles. The van der Waals surface area contributed by atoms with Crippen LogP contribution in [0.2, 0.25) is 0 Å². The number of hydrogen-bond acceptors (Lipinski definition) is 6. The van der Waals surface area contributed by atoms with E-state index in [0.717, 1.165) is 27.4 Å². The minimum Gasteiger partial charge on any atom is -0.504 e. The van der Waals surface area contributed by atoms with Crippen molar-refractivity contribution in [3.05, 3.63) is 23.8 Å². The molecule has 1 atom stereocenters. The molecule has 0 heterocycles. The fourth-order valence-corrected chi connectivity index (χ4v) is 2.12. The van der Waals surface area contributed by atoms with E-state index in [-0.39, 0.29) is 5.75 Å². The lowest BCUT2D eigenvalue weighted by molar-refractivity contribution is -0.187. The topological polar surface area (TPSA) is 82.1 Å². The number of methoxy groups -OCH3 is 3. The highest BCUT2D eigenvalue weighted by atomic mass is 19.4. The van der Waals surface area contributed by atoms with Crippen LogP contribution in [0.1, 0.15) is 11.5 Å². The molecule has 0 unspecified atom stereocenters. The van der Waals surface area contributed by atoms with Gasteiger partial charge in [-0.2, -0.15) is 13.2 Å². The highest BCUT2D eigenvalue weighted by Gasteiger charge is 2.54. The van der Waals surface area contributed by atoms with Crippen LogP contribution in [0.25, 0.3) is 0 Å². The number of esters is 2. The summed E-state index contributed by atoms with van der Waals surface area (Å²) in [5, 5.41) is 9.95. The number of ether oxygens (including phenoxy) is 3. The molecule has 9 heteroatoms. The molecule has 0 aliphatic heterocycles. The number of aromatic hydroxyl groups is 1. The van der Waals surface area contributed by atoms with Gasteiger partial charge in [0, 0.05) is 5.56 Å². The maximum atomic E-state index is 13.5. The van der Waals surface area contributed by atoms with Crippen molar-refractivity contribution in [3.8, 4) is 11.5 Å². The molecule has 0 saturated heterocycles. The predicted molar refractivity (Wildman–Crippen MR) is 71.0 cm³/mol. The van der Waals surface area contributed by atoms with Crippen LogP contribution in [0.4, 0.5) is 13.2 Å². The number of halogens is 3. The first kappa shape index (κ1) is 18.6. The van der Waals surface area contributed by atoms with Crippen LogP contribution in [0, 0.1) is 5.92 Å². The number of hydrogen-bond donors (Lipinski definition) is 1. The molecule has 0 amide bonds. The Bertz CT molecular complexity index is 568. The molecule has 1 aromatic rings. The molecule has 0 aliphatic rings. The number of carbonyl (C=O) groups excluding carboxylic acids is 2. The van der Waals surface area contributed by atoms with Gasteiger partial charge in [-0.15, -0.1) is 0 Å². The summed E-state index contributed by atoms with van der Waals surface area (Å²) >= 11 is 0. The summed E-state index contributed by atoms with van der Waals surface area (Å²) in [7, 11) is 2.84. The fraction of sp³-hybridized carbons (Fsp3) is 0.429. The standard InChI is InChI=1S/C14H15F3O6/c1-21-8-6-4-5-7(11(8)18)10(14(15,16)17)9(12(19)22-2)13(20)23-3/h4-6,9-10,18H,1-3H3/t10-/m0/s1. The average molecular weight is 336 g/mol. The van der Waals surface area contributed by atoms with E-state index >= 15 is 0 Å². The van der Waals surface area contributed by atoms with Gasteiger partial charge in [0.05, 0.1) is 21.3 Å². The molecule has 1 rings (SSSR count). The van der Waals surface area contributed by atoms with E-state index in [4.69, 9.17) is 4.74 Å². The second-order valence-electron chi connectivity index (χ2n) is 4.44. The second kappa shape index (κ2) is 7.21. The molecular formula is C14H15F3O6. The number of para-hydroxylation sites is 1. The number of phenolic OH excluding ortho intramolecular Hbond substituents is 1. The van der Waals surface area contributed by atoms with E-state index in [9.17, 15) is 27.9 Å². The van der Waals surface area contributed by atoms with Gasteiger partial charge in [-0.05, 0) is 6.07 Å². The third-order valence-electron chi connectivity index (χ3n) is 3.18. The molecule has 128 valence electrons. The van der Waals surface area contributed by atoms with Gasteiger partial charge in [-0.1, -0.05) is 12.1 Å². The lowest BCUT2D eigenvalue weighted by Crippen LogP contribution is -2.39. The molecule has 23 heavy (non-hydrogen) atoms. The molecule has 0 aromatic heterocycles. The Morgan fingerprint density at radius 3 is 2.00 bits per heavy atom. The minimum absolute atomic E-state index is 0.231. The quantitative estimate of drug-likeness (QED) is 0.654. The Kier molecular flexibility index (Phi) is 5.83. The summed E-state index contributed by atoms with van der Waals surface area (Å²) < 4.78 is 53.8. The van der Waals surface area contributed by atoms with Crippen LogP contribution < -0.4 is 4.74 Å². The molecule has 0 fully saturated rings. The fourth-order valence-electron chi connectivity index (χ4n) is 2.12.